The van der Waals surface area contributed by atoms with Gasteiger partial charge in [0.2, 0.25) is 0 Å². The van der Waals surface area contributed by atoms with Crippen LogP contribution in [0.25, 0.3) is 0 Å². The Balaban J connectivity index is 3.33. The van der Waals surface area contributed by atoms with Gasteiger partial charge in [-0.05, 0) is 17.7 Å². The van der Waals surface area contributed by atoms with Crippen LogP contribution in [0.4, 0.5) is 8.78 Å². The summed E-state index contributed by atoms with van der Waals surface area (Å²) >= 11 is 0. The fourth-order valence-electron chi connectivity index (χ4n) is 1.84. The molecular weight excluding hydrogens is 284 g/mol. The highest BCUT2D eigenvalue weighted by molar-refractivity contribution is 5.77. The van der Waals surface area contributed by atoms with Crippen LogP contribution in [0.1, 0.15) is 18.4 Å². The highest BCUT2D eigenvalue weighted by Crippen LogP contribution is 2.33. The fraction of sp³-hybridized carbons (Fsp3) is 0.357. The van der Waals surface area contributed by atoms with Gasteiger partial charge in [0.05, 0.1) is 33.1 Å². The minimum atomic E-state index is -1.69. The van der Waals surface area contributed by atoms with E-state index in [2.05, 4.69) is 9.47 Å². The van der Waals surface area contributed by atoms with Crippen LogP contribution in [0.2, 0.25) is 0 Å². The molecule has 0 bridgehead atoms. The second-order valence-corrected chi connectivity index (χ2v) is 4.33. The summed E-state index contributed by atoms with van der Waals surface area (Å²) in [5.41, 5.74) is -1.69. The number of nitriles is 1. The standard InChI is InChI=1S/C14H13F2NO4/c1-20-12(18)6-14(8-17,7-13(19)21-2)9-3-4-10(15)11(16)5-9/h3-5H,6-7H2,1-2H3. The molecule has 21 heavy (non-hydrogen) atoms. The molecule has 0 saturated heterocycles. The van der Waals surface area contributed by atoms with Gasteiger partial charge in [0.15, 0.2) is 11.6 Å². The summed E-state index contributed by atoms with van der Waals surface area (Å²) < 4.78 is 35.4. The summed E-state index contributed by atoms with van der Waals surface area (Å²) in [5.74, 6) is -3.79. The van der Waals surface area contributed by atoms with E-state index in [1.807, 2.05) is 6.07 Å². The Morgan fingerprint density at radius 3 is 2.05 bits per heavy atom. The van der Waals surface area contributed by atoms with E-state index in [1.165, 1.54) is 0 Å². The Bertz CT molecular complexity index is 577. The Morgan fingerprint density at radius 1 is 1.14 bits per heavy atom. The molecular formula is C14H13F2NO4. The zero-order valence-corrected chi connectivity index (χ0v) is 11.5. The quantitative estimate of drug-likeness (QED) is 0.775. The predicted octanol–water partition coefficient (Wildman–Crippen LogP) is 1.85. The van der Waals surface area contributed by atoms with Crippen molar-refractivity contribution in [2.75, 3.05) is 14.2 Å². The first kappa shape index (κ1) is 16.6. The summed E-state index contributed by atoms with van der Waals surface area (Å²) in [6, 6.07) is 4.57. The maximum Gasteiger partial charge on any atom is 0.307 e. The van der Waals surface area contributed by atoms with Crippen LogP contribution >= 0.6 is 0 Å². The molecule has 0 aliphatic rings. The maximum atomic E-state index is 13.4. The molecule has 0 saturated carbocycles. The van der Waals surface area contributed by atoms with Crippen LogP contribution in [-0.4, -0.2) is 26.2 Å². The SMILES string of the molecule is COC(=O)CC(C#N)(CC(=O)OC)c1ccc(F)c(F)c1. The number of benzene rings is 1. The van der Waals surface area contributed by atoms with Gasteiger partial charge in [0.25, 0.3) is 0 Å². The average Bonchev–Trinajstić information content (AvgIpc) is 2.48. The molecule has 0 heterocycles. The van der Waals surface area contributed by atoms with Crippen LogP contribution in [0.3, 0.4) is 0 Å². The third kappa shape index (κ3) is 3.75. The van der Waals surface area contributed by atoms with Crippen molar-refractivity contribution in [3.05, 3.63) is 35.4 Å². The molecule has 1 aromatic rings. The third-order valence-corrected chi connectivity index (χ3v) is 3.03. The largest absolute Gasteiger partial charge is 0.469 e. The van der Waals surface area contributed by atoms with Crippen molar-refractivity contribution >= 4 is 11.9 Å². The minimum absolute atomic E-state index is 0.000278. The molecule has 5 nitrogen and oxygen atoms in total. The van der Waals surface area contributed by atoms with E-state index in [1.54, 1.807) is 0 Å². The first-order valence-corrected chi connectivity index (χ1v) is 5.89. The molecule has 0 N–H and O–H groups in total. The molecule has 0 amide bonds. The Morgan fingerprint density at radius 2 is 1.67 bits per heavy atom. The van der Waals surface area contributed by atoms with Gasteiger partial charge in [-0.1, -0.05) is 6.07 Å². The Hall–Kier alpha value is -2.49. The molecule has 1 aromatic carbocycles. The summed E-state index contributed by atoms with van der Waals surface area (Å²) in [7, 11) is 2.24. The second kappa shape index (κ2) is 6.79. The van der Waals surface area contributed by atoms with Crippen molar-refractivity contribution in [1.82, 2.24) is 0 Å². The van der Waals surface area contributed by atoms with Crippen molar-refractivity contribution in [2.45, 2.75) is 18.3 Å². The fourth-order valence-corrected chi connectivity index (χ4v) is 1.84. The van der Waals surface area contributed by atoms with Crippen LogP contribution in [0.5, 0.6) is 0 Å². The molecule has 1 rings (SSSR count). The number of nitrogens with zero attached hydrogens (tertiary/aromatic N) is 1. The van der Waals surface area contributed by atoms with Gasteiger partial charge in [-0.2, -0.15) is 5.26 Å². The van der Waals surface area contributed by atoms with E-state index < -0.39 is 41.8 Å². The first-order valence-electron chi connectivity index (χ1n) is 5.89. The molecule has 0 radical (unpaired) electrons. The molecule has 0 fully saturated rings. The number of hydrogen-bond acceptors (Lipinski definition) is 5. The number of carbonyl (C=O) groups is 2. The van der Waals surface area contributed by atoms with Crippen molar-refractivity contribution in [3.8, 4) is 6.07 Å². The number of methoxy groups -OCH3 is 2. The van der Waals surface area contributed by atoms with E-state index >= 15 is 0 Å². The zero-order chi connectivity index (χ0) is 16.0. The van der Waals surface area contributed by atoms with Crippen molar-refractivity contribution in [2.24, 2.45) is 0 Å². The number of halogens is 2. The lowest BCUT2D eigenvalue weighted by Crippen LogP contribution is -2.32. The van der Waals surface area contributed by atoms with Gasteiger partial charge in [0, 0.05) is 0 Å². The topological polar surface area (TPSA) is 76.4 Å². The van der Waals surface area contributed by atoms with Crippen LogP contribution in [0, 0.1) is 23.0 Å². The summed E-state index contributed by atoms with van der Waals surface area (Å²) in [5, 5.41) is 9.40. The summed E-state index contributed by atoms with van der Waals surface area (Å²) in [4.78, 5) is 23.0. The van der Waals surface area contributed by atoms with Gasteiger partial charge in [0.1, 0.15) is 5.41 Å². The lowest BCUT2D eigenvalue weighted by molar-refractivity contribution is -0.144. The highest BCUT2D eigenvalue weighted by Gasteiger charge is 2.39. The maximum absolute atomic E-state index is 13.4. The van der Waals surface area contributed by atoms with Crippen LogP contribution in [-0.2, 0) is 24.5 Å². The van der Waals surface area contributed by atoms with E-state index in [4.69, 9.17) is 0 Å². The number of carbonyl (C=O) groups excluding carboxylic acids is 2. The van der Waals surface area contributed by atoms with Crippen LogP contribution in [0.15, 0.2) is 18.2 Å². The van der Waals surface area contributed by atoms with E-state index in [0.717, 1.165) is 32.4 Å². The smallest absolute Gasteiger partial charge is 0.307 e. The highest BCUT2D eigenvalue weighted by atomic mass is 19.2. The number of ether oxygens (including phenoxy) is 2. The number of esters is 2. The monoisotopic (exact) mass is 297 g/mol. The van der Waals surface area contributed by atoms with Crippen molar-refractivity contribution < 1.29 is 27.8 Å². The predicted molar refractivity (Wildman–Crippen MR) is 66.9 cm³/mol. The molecule has 112 valence electrons. The molecule has 0 atom stereocenters. The van der Waals surface area contributed by atoms with Gasteiger partial charge < -0.3 is 9.47 Å². The van der Waals surface area contributed by atoms with Gasteiger partial charge in [-0.15, -0.1) is 0 Å². The van der Waals surface area contributed by atoms with Gasteiger partial charge in [-0.25, -0.2) is 8.78 Å². The average molecular weight is 297 g/mol. The second-order valence-electron chi connectivity index (χ2n) is 4.33. The number of rotatable bonds is 5. The van der Waals surface area contributed by atoms with E-state index in [-0.39, 0.29) is 5.56 Å². The van der Waals surface area contributed by atoms with Crippen LogP contribution < -0.4 is 0 Å². The lowest BCUT2D eigenvalue weighted by atomic mass is 9.76. The molecule has 0 unspecified atom stereocenters. The molecule has 0 spiro atoms. The summed E-state index contributed by atoms with van der Waals surface area (Å²) in [6.07, 6.45) is -0.972. The zero-order valence-electron chi connectivity index (χ0n) is 11.5. The normalized spacial score (nSPS) is 10.6. The van der Waals surface area contributed by atoms with E-state index in [0.29, 0.717) is 0 Å². The lowest BCUT2D eigenvalue weighted by Gasteiger charge is -2.24. The molecule has 0 aliphatic heterocycles. The minimum Gasteiger partial charge on any atom is -0.469 e. The molecule has 0 aromatic heterocycles. The van der Waals surface area contributed by atoms with E-state index in [9.17, 15) is 23.6 Å². The first-order chi connectivity index (χ1) is 9.88. The molecule has 7 heteroatoms. The molecule has 0 aliphatic carbocycles. The van der Waals surface area contributed by atoms with Gasteiger partial charge >= 0.3 is 11.9 Å². The van der Waals surface area contributed by atoms with Crippen molar-refractivity contribution in [1.29, 1.82) is 5.26 Å². The Labute approximate surface area is 120 Å². The Kier molecular flexibility index (Phi) is 5.36. The van der Waals surface area contributed by atoms with Crippen molar-refractivity contribution in [3.63, 3.8) is 0 Å². The third-order valence-electron chi connectivity index (χ3n) is 3.03. The van der Waals surface area contributed by atoms with Gasteiger partial charge in [-0.3, -0.25) is 9.59 Å². The number of hydrogen-bond donors (Lipinski definition) is 0. The summed E-state index contributed by atoms with van der Waals surface area (Å²) in [6.45, 7) is 0.